The second-order valence-corrected chi connectivity index (χ2v) is 5.02. The van der Waals surface area contributed by atoms with E-state index in [1.165, 1.54) is 0 Å². The van der Waals surface area contributed by atoms with Gasteiger partial charge in [0.2, 0.25) is 0 Å². The van der Waals surface area contributed by atoms with E-state index in [-0.39, 0.29) is 0 Å². The van der Waals surface area contributed by atoms with Crippen molar-refractivity contribution in [3.05, 3.63) is 58.4 Å². The van der Waals surface area contributed by atoms with Crippen LogP contribution in [0, 0.1) is 20.8 Å². The third-order valence-electron chi connectivity index (χ3n) is 2.98. The minimum absolute atomic E-state index is 0.490. The van der Waals surface area contributed by atoms with E-state index in [1.807, 2.05) is 39.0 Å². The van der Waals surface area contributed by atoms with Crippen molar-refractivity contribution in [3.8, 4) is 5.75 Å². The van der Waals surface area contributed by atoms with Crippen LogP contribution in [0.3, 0.4) is 0 Å². The summed E-state index contributed by atoms with van der Waals surface area (Å²) in [4.78, 5) is 4.44. The second kappa shape index (κ2) is 6.07. The molecule has 1 heterocycles. The van der Waals surface area contributed by atoms with E-state index >= 15 is 0 Å². The third-order valence-corrected chi connectivity index (χ3v) is 3.29. The van der Waals surface area contributed by atoms with Crippen molar-refractivity contribution in [1.29, 1.82) is 0 Å². The molecule has 19 heavy (non-hydrogen) atoms. The van der Waals surface area contributed by atoms with Gasteiger partial charge in [0.15, 0.2) is 0 Å². The highest BCUT2D eigenvalue weighted by atomic mass is 35.5. The Kier molecular flexibility index (Phi) is 4.43. The monoisotopic (exact) mass is 275 g/mol. The number of halogens is 1. The number of benzene rings is 1. The topological polar surface area (TPSA) is 22.1 Å². The molecule has 0 saturated carbocycles. The van der Waals surface area contributed by atoms with Gasteiger partial charge in [0.05, 0.1) is 5.69 Å². The molecule has 1 aromatic heterocycles. The summed E-state index contributed by atoms with van der Waals surface area (Å²) in [6.07, 6.45) is 0. The van der Waals surface area contributed by atoms with Gasteiger partial charge in [-0.3, -0.25) is 4.98 Å². The molecule has 3 heteroatoms. The number of aryl methyl sites for hydroxylation is 3. The summed E-state index contributed by atoms with van der Waals surface area (Å²) < 4.78 is 5.90. The minimum atomic E-state index is 0.490. The lowest BCUT2D eigenvalue weighted by atomic mass is 10.1. The minimum Gasteiger partial charge on any atom is -0.487 e. The van der Waals surface area contributed by atoms with Gasteiger partial charge < -0.3 is 4.74 Å². The van der Waals surface area contributed by atoms with Crippen LogP contribution in [0.25, 0.3) is 0 Å². The van der Waals surface area contributed by atoms with Crippen LogP contribution in [0.15, 0.2) is 30.3 Å². The third kappa shape index (κ3) is 3.48. The standard InChI is InChI=1S/C16H18ClNO/c1-11-7-14(9-17)8-12(2)16(11)19-10-15-6-4-5-13(3)18-15/h4-8H,9-10H2,1-3H3. The summed E-state index contributed by atoms with van der Waals surface area (Å²) in [6, 6.07) is 10.1. The molecule has 0 radical (unpaired) electrons. The first-order chi connectivity index (χ1) is 9.10. The van der Waals surface area contributed by atoms with E-state index in [4.69, 9.17) is 16.3 Å². The van der Waals surface area contributed by atoms with Crippen LogP contribution in [0.2, 0.25) is 0 Å². The first kappa shape index (κ1) is 13.9. The van der Waals surface area contributed by atoms with Crippen LogP contribution >= 0.6 is 11.6 Å². The van der Waals surface area contributed by atoms with Crippen molar-refractivity contribution >= 4 is 11.6 Å². The van der Waals surface area contributed by atoms with E-state index in [0.29, 0.717) is 12.5 Å². The maximum atomic E-state index is 5.90. The zero-order chi connectivity index (χ0) is 13.8. The zero-order valence-electron chi connectivity index (χ0n) is 11.5. The molecule has 0 spiro atoms. The molecule has 0 saturated heterocycles. The lowest BCUT2D eigenvalue weighted by molar-refractivity contribution is 0.297. The largest absolute Gasteiger partial charge is 0.487 e. The van der Waals surface area contributed by atoms with Crippen molar-refractivity contribution in [2.75, 3.05) is 0 Å². The van der Waals surface area contributed by atoms with Crippen LogP contribution in [-0.2, 0) is 12.5 Å². The maximum absolute atomic E-state index is 5.90. The van der Waals surface area contributed by atoms with Crippen molar-refractivity contribution in [2.24, 2.45) is 0 Å². The van der Waals surface area contributed by atoms with Crippen LogP contribution in [0.1, 0.15) is 28.1 Å². The quantitative estimate of drug-likeness (QED) is 0.775. The Morgan fingerprint density at radius 2 is 1.79 bits per heavy atom. The molecule has 0 aliphatic heterocycles. The van der Waals surface area contributed by atoms with Crippen LogP contribution in [0.5, 0.6) is 5.75 Å². The Bertz CT molecular complexity index is 558. The van der Waals surface area contributed by atoms with Crippen LogP contribution in [0.4, 0.5) is 0 Å². The molecular weight excluding hydrogens is 258 g/mol. The molecule has 2 nitrogen and oxygen atoms in total. The van der Waals surface area contributed by atoms with Gasteiger partial charge in [-0.05, 0) is 49.6 Å². The highest BCUT2D eigenvalue weighted by Gasteiger charge is 2.07. The van der Waals surface area contributed by atoms with E-state index in [0.717, 1.165) is 33.8 Å². The molecule has 2 aromatic rings. The SMILES string of the molecule is Cc1cccc(COc2c(C)cc(CCl)cc2C)n1. The summed E-state index contributed by atoms with van der Waals surface area (Å²) >= 11 is 5.86. The molecule has 0 N–H and O–H groups in total. The van der Waals surface area contributed by atoms with Crippen LogP contribution < -0.4 is 4.74 Å². The molecule has 0 aliphatic carbocycles. The Hall–Kier alpha value is -1.54. The van der Waals surface area contributed by atoms with Crippen molar-refractivity contribution in [3.63, 3.8) is 0 Å². The van der Waals surface area contributed by atoms with Crippen molar-refractivity contribution < 1.29 is 4.74 Å². The zero-order valence-corrected chi connectivity index (χ0v) is 12.3. The van der Waals surface area contributed by atoms with Gasteiger partial charge in [-0.25, -0.2) is 0 Å². The molecule has 0 amide bonds. The lowest BCUT2D eigenvalue weighted by Gasteiger charge is -2.13. The van der Waals surface area contributed by atoms with E-state index in [9.17, 15) is 0 Å². The van der Waals surface area contributed by atoms with Gasteiger partial charge in [-0.2, -0.15) is 0 Å². The fraction of sp³-hybridized carbons (Fsp3) is 0.312. The van der Waals surface area contributed by atoms with Crippen LogP contribution in [-0.4, -0.2) is 4.98 Å². The van der Waals surface area contributed by atoms with E-state index in [1.54, 1.807) is 0 Å². The van der Waals surface area contributed by atoms with Gasteiger partial charge in [0, 0.05) is 11.6 Å². The summed E-state index contributed by atoms with van der Waals surface area (Å²) in [6.45, 7) is 6.56. The first-order valence-corrected chi connectivity index (χ1v) is 6.85. The molecular formula is C16H18ClNO. The highest BCUT2D eigenvalue weighted by Crippen LogP contribution is 2.26. The van der Waals surface area contributed by atoms with E-state index in [2.05, 4.69) is 17.1 Å². The Morgan fingerprint density at radius 1 is 1.11 bits per heavy atom. The molecule has 2 rings (SSSR count). The number of hydrogen-bond acceptors (Lipinski definition) is 2. The molecule has 1 aromatic carbocycles. The number of nitrogens with zero attached hydrogens (tertiary/aromatic N) is 1. The van der Waals surface area contributed by atoms with Gasteiger partial charge in [-0.15, -0.1) is 11.6 Å². The predicted octanol–water partition coefficient (Wildman–Crippen LogP) is 4.32. The summed E-state index contributed by atoms with van der Waals surface area (Å²) in [5.74, 6) is 1.46. The molecule has 0 aliphatic rings. The van der Waals surface area contributed by atoms with Gasteiger partial charge in [0.1, 0.15) is 12.4 Å². The number of ether oxygens (including phenoxy) is 1. The number of pyridine rings is 1. The van der Waals surface area contributed by atoms with Crippen molar-refractivity contribution in [2.45, 2.75) is 33.3 Å². The Labute approximate surface area is 119 Å². The Balaban J connectivity index is 2.16. The molecule has 100 valence electrons. The van der Waals surface area contributed by atoms with Crippen molar-refractivity contribution in [1.82, 2.24) is 4.98 Å². The summed E-state index contributed by atoms with van der Waals surface area (Å²) in [5.41, 5.74) is 5.30. The highest BCUT2D eigenvalue weighted by molar-refractivity contribution is 6.17. The smallest absolute Gasteiger partial charge is 0.130 e. The fourth-order valence-corrected chi connectivity index (χ4v) is 2.33. The number of rotatable bonds is 4. The van der Waals surface area contributed by atoms with Gasteiger partial charge in [-0.1, -0.05) is 18.2 Å². The number of hydrogen-bond donors (Lipinski definition) is 0. The first-order valence-electron chi connectivity index (χ1n) is 6.31. The fourth-order valence-electron chi connectivity index (χ4n) is 2.17. The molecule has 0 atom stereocenters. The predicted molar refractivity (Wildman–Crippen MR) is 78.8 cm³/mol. The average molecular weight is 276 g/mol. The number of aromatic nitrogens is 1. The lowest BCUT2D eigenvalue weighted by Crippen LogP contribution is -2.02. The van der Waals surface area contributed by atoms with E-state index < -0.39 is 0 Å². The average Bonchev–Trinajstić information content (AvgIpc) is 2.37. The normalized spacial score (nSPS) is 10.5. The molecule has 0 unspecified atom stereocenters. The molecule has 0 fully saturated rings. The second-order valence-electron chi connectivity index (χ2n) is 4.75. The van der Waals surface area contributed by atoms with Gasteiger partial charge >= 0.3 is 0 Å². The number of alkyl halides is 1. The maximum Gasteiger partial charge on any atom is 0.130 e. The Morgan fingerprint density at radius 3 is 2.37 bits per heavy atom. The van der Waals surface area contributed by atoms with Gasteiger partial charge in [0.25, 0.3) is 0 Å². The molecule has 0 bridgehead atoms. The summed E-state index contributed by atoms with van der Waals surface area (Å²) in [7, 11) is 0. The summed E-state index contributed by atoms with van der Waals surface area (Å²) in [5, 5.41) is 0.